The SMILES string of the molecule is CC(C)(C)c1ccc(CC2(O)CCCC(N3CCCC3=O)C2)cc1. The Kier molecular flexibility index (Phi) is 4.74. The molecule has 1 amide bonds. The van der Waals surface area contributed by atoms with Gasteiger partial charge in [0.2, 0.25) is 5.91 Å². The number of carbonyl (C=O) groups excluding carboxylic acids is 1. The predicted octanol–water partition coefficient (Wildman–Crippen LogP) is 3.82. The van der Waals surface area contributed by atoms with Crippen molar-refractivity contribution in [1.29, 1.82) is 0 Å². The Balaban J connectivity index is 1.68. The molecule has 3 nitrogen and oxygen atoms in total. The first-order valence-electron chi connectivity index (χ1n) is 9.38. The van der Waals surface area contributed by atoms with Crippen LogP contribution in [0.15, 0.2) is 24.3 Å². The van der Waals surface area contributed by atoms with Gasteiger partial charge in [0.1, 0.15) is 0 Å². The van der Waals surface area contributed by atoms with E-state index in [0.717, 1.165) is 38.6 Å². The van der Waals surface area contributed by atoms with E-state index in [4.69, 9.17) is 0 Å². The van der Waals surface area contributed by atoms with Gasteiger partial charge >= 0.3 is 0 Å². The van der Waals surface area contributed by atoms with Gasteiger partial charge in [0.05, 0.1) is 5.60 Å². The van der Waals surface area contributed by atoms with Crippen LogP contribution >= 0.6 is 0 Å². The third-order valence-electron chi connectivity index (χ3n) is 5.70. The number of hydrogen-bond acceptors (Lipinski definition) is 2. The molecule has 0 bridgehead atoms. The first-order valence-corrected chi connectivity index (χ1v) is 9.38. The van der Waals surface area contributed by atoms with Crippen molar-refractivity contribution in [3.63, 3.8) is 0 Å². The van der Waals surface area contributed by atoms with Crippen LogP contribution in [0, 0.1) is 0 Å². The number of likely N-dealkylation sites (tertiary alicyclic amines) is 1. The van der Waals surface area contributed by atoms with Crippen LogP contribution in [0.3, 0.4) is 0 Å². The Morgan fingerprint density at radius 3 is 2.50 bits per heavy atom. The van der Waals surface area contributed by atoms with Crippen LogP contribution in [0.1, 0.15) is 70.4 Å². The molecule has 1 aromatic rings. The summed E-state index contributed by atoms with van der Waals surface area (Å²) in [6, 6.07) is 8.91. The van der Waals surface area contributed by atoms with Crippen molar-refractivity contribution in [2.24, 2.45) is 0 Å². The van der Waals surface area contributed by atoms with E-state index in [-0.39, 0.29) is 17.4 Å². The quantitative estimate of drug-likeness (QED) is 0.916. The molecule has 0 spiro atoms. The summed E-state index contributed by atoms with van der Waals surface area (Å²) < 4.78 is 0. The molecule has 2 atom stereocenters. The van der Waals surface area contributed by atoms with Gasteiger partial charge in [0.25, 0.3) is 0 Å². The molecule has 1 aliphatic carbocycles. The summed E-state index contributed by atoms with van der Waals surface area (Å²) in [5, 5.41) is 11.1. The van der Waals surface area contributed by atoms with E-state index in [9.17, 15) is 9.90 Å². The van der Waals surface area contributed by atoms with Gasteiger partial charge < -0.3 is 10.0 Å². The lowest BCUT2D eigenvalue weighted by Gasteiger charge is -2.41. The second-order valence-corrected chi connectivity index (χ2v) is 8.79. The highest BCUT2D eigenvalue weighted by Crippen LogP contribution is 2.35. The maximum atomic E-state index is 12.0. The topological polar surface area (TPSA) is 40.5 Å². The smallest absolute Gasteiger partial charge is 0.222 e. The van der Waals surface area contributed by atoms with Gasteiger partial charge in [-0.15, -0.1) is 0 Å². The molecule has 2 fully saturated rings. The number of aliphatic hydroxyl groups is 1. The van der Waals surface area contributed by atoms with E-state index >= 15 is 0 Å². The Morgan fingerprint density at radius 1 is 1.21 bits per heavy atom. The maximum absolute atomic E-state index is 12.0. The molecule has 1 saturated carbocycles. The number of rotatable bonds is 3. The molecule has 3 heteroatoms. The largest absolute Gasteiger partial charge is 0.389 e. The van der Waals surface area contributed by atoms with E-state index in [1.165, 1.54) is 11.1 Å². The van der Waals surface area contributed by atoms with E-state index in [1.807, 2.05) is 4.90 Å². The average molecular weight is 329 g/mol. The lowest BCUT2D eigenvalue weighted by atomic mass is 9.77. The van der Waals surface area contributed by atoms with Crippen molar-refractivity contribution < 1.29 is 9.90 Å². The average Bonchev–Trinajstić information content (AvgIpc) is 2.92. The first kappa shape index (κ1) is 17.5. The van der Waals surface area contributed by atoms with Crippen LogP contribution in [-0.2, 0) is 16.6 Å². The van der Waals surface area contributed by atoms with Crippen LogP contribution in [0.4, 0.5) is 0 Å². The van der Waals surface area contributed by atoms with E-state index in [0.29, 0.717) is 12.8 Å². The fourth-order valence-corrected chi connectivity index (χ4v) is 4.29. The molecule has 1 heterocycles. The zero-order chi connectivity index (χ0) is 17.4. The van der Waals surface area contributed by atoms with Gasteiger partial charge in [0, 0.05) is 25.4 Å². The van der Waals surface area contributed by atoms with Gasteiger partial charge in [-0.2, -0.15) is 0 Å². The minimum absolute atomic E-state index is 0.154. The van der Waals surface area contributed by atoms with E-state index in [1.54, 1.807) is 0 Å². The summed E-state index contributed by atoms with van der Waals surface area (Å²) in [7, 11) is 0. The fourth-order valence-electron chi connectivity index (χ4n) is 4.29. The molecular weight excluding hydrogens is 298 g/mol. The van der Waals surface area contributed by atoms with Gasteiger partial charge in [-0.25, -0.2) is 0 Å². The summed E-state index contributed by atoms with van der Waals surface area (Å²) in [5.41, 5.74) is 2.00. The van der Waals surface area contributed by atoms with Crippen molar-refractivity contribution in [2.45, 2.75) is 82.8 Å². The van der Waals surface area contributed by atoms with Gasteiger partial charge in [-0.3, -0.25) is 4.79 Å². The molecule has 1 N–H and O–H groups in total. The summed E-state index contributed by atoms with van der Waals surface area (Å²) >= 11 is 0. The molecule has 0 aromatic heterocycles. The minimum atomic E-state index is -0.672. The normalized spacial score (nSPS) is 28.4. The van der Waals surface area contributed by atoms with Crippen LogP contribution in [0.5, 0.6) is 0 Å². The summed E-state index contributed by atoms with van der Waals surface area (Å²) in [6.45, 7) is 7.52. The third-order valence-corrected chi connectivity index (χ3v) is 5.70. The van der Waals surface area contributed by atoms with Crippen molar-refractivity contribution in [1.82, 2.24) is 4.90 Å². The van der Waals surface area contributed by atoms with Crippen molar-refractivity contribution >= 4 is 5.91 Å². The molecule has 0 radical (unpaired) electrons. The van der Waals surface area contributed by atoms with Crippen LogP contribution in [0.2, 0.25) is 0 Å². The molecule has 3 rings (SSSR count). The number of benzene rings is 1. The number of nitrogens with zero attached hydrogens (tertiary/aromatic N) is 1. The minimum Gasteiger partial charge on any atom is -0.389 e. The summed E-state index contributed by atoms with van der Waals surface area (Å²) in [4.78, 5) is 14.0. The van der Waals surface area contributed by atoms with E-state index in [2.05, 4.69) is 45.0 Å². The van der Waals surface area contributed by atoms with Crippen molar-refractivity contribution in [3.8, 4) is 0 Å². The molecule has 1 aromatic carbocycles. The lowest BCUT2D eigenvalue weighted by Crippen LogP contribution is -2.47. The molecular formula is C21H31NO2. The van der Waals surface area contributed by atoms with E-state index < -0.39 is 5.60 Å². The highest BCUT2D eigenvalue weighted by molar-refractivity contribution is 5.78. The second-order valence-electron chi connectivity index (χ2n) is 8.79. The number of carbonyl (C=O) groups is 1. The van der Waals surface area contributed by atoms with Crippen LogP contribution in [-0.4, -0.2) is 34.1 Å². The molecule has 2 unspecified atom stereocenters. The highest BCUT2D eigenvalue weighted by Gasteiger charge is 2.39. The summed E-state index contributed by atoms with van der Waals surface area (Å²) in [5.74, 6) is 0.277. The Hall–Kier alpha value is -1.35. The van der Waals surface area contributed by atoms with Crippen LogP contribution < -0.4 is 0 Å². The molecule has 1 saturated heterocycles. The first-order chi connectivity index (χ1) is 11.3. The van der Waals surface area contributed by atoms with Crippen LogP contribution in [0.25, 0.3) is 0 Å². The number of hydrogen-bond donors (Lipinski definition) is 1. The third kappa shape index (κ3) is 3.83. The maximum Gasteiger partial charge on any atom is 0.222 e. The molecule has 2 aliphatic rings. The Morgan fingerprint density at radius 2 is 1.92 bits per heavy atom. The molecule has 1 aliphatic heterocycles. The Bertz CT molecular complexity index is 587. The van der Waals surface area contributed by atoms with Crippen molar-refractivity contribution in [3.05, 3.63) is 35.4 Å². The predicted molar refractivity (Wildman–Crippen MR) is 97.0 cm³/mol. The fraction of sp³-hybridized carbons (Fsp3) is 0.667. The number of amides is 1. The lowest BCUT2D eigenvalue weighted by molar-refractivity contribution is -0.132. The van der Waals surface area contributed by atoms with Gasteiger partial charge in [0.15, 0.2) is 0 Å². The molecule has 132 valence electrons. The molecule has 24 heavy (non-hydrogen) atoms. The van der Waals surface area contributed by atoms with Gasteiger partial charge in [-0.1, -0.05) is 45.0 Å². The second kappa shape index (κ2) is 6.51. The zero-order valence-electron chi connectivity index (χ0n) is 15.3. The highest BCUT2D eigenvalue weighted by atomic mass is 16.3. The van der Waals surface area contributed by atoms with Gasteiger partial charge in [-0.05, 0) is 48.6 Å². The standard InChI is InChI=1S/C21H31NO2/c1-20(2,3)17-10-8-16(9-11-17)14-21(24)12-4-6-18(15-21)22-13-5-7-19(22)23/h8-11,18,24H,4-7,12-15H2,1-3H3. The zero-order valence-corrected chi connectivity index (χ0v) is 15.3. The Labute approximate surface area is 146 Å². The monoisotopic (exact) mass is 329 g/mol. The summed E-state index contributed by atoms with van der Waals surface area (Å²) in [6.07, 6.45) is 5.95. The van der Waals surface area contributed by atoms with Crippen molar-refractivity contribution in [2.75, 3.05) is 6.54 Å².